The maximum atomic E-state index is 15.1. The second-order valence-electron chi connectivity index (χ2n) is 11.5. The number of rotatable bonds is 6. The van der Waals surface area contributed by atoms with Crippen LogP contribution in [0, 0.1) is 46.8 Å². The standard InChI is InChI=1S/C33H35F5/c1-20-2-6-22(7-3-20)23-9-11-24(12-10-23)28-16-13-25(32(37)33(28)38)8-4-21-5-15-27(30(35)18-21)26-14-17-29(34)31(36)19-26/h5,13-20,22-24H,2-4,6-12H2,1H3. The maximum absolute atomic E-state index is 15.1. The lowest BCUT2D eigenvalue weighted by molar-refractivity contribution is 0.164. The topological polar surface area (TPSA) is 0 Å². The average Bonchev–Trinajstić information content (AvgIpc) is 2.92. The molecule has 0 saturated heterocycles. The predicted molar refractivity (Wildman–Crippen MR) is 141 cm³/mol. The van der Waals surface area contributed by atoms with Gasteiger partial charge in [-0.15, -0.1) is 0 Å². The summed E-state index contributed by atoms with van der Waals surface area (Å²) in [6.45, 7) is 2.33. The van der Waals surface area contributed by atoms with Crippen molar-refractivity contribution in [2.75, 3.05) is 0 Å². The highest BCUT2D eigenvalue weighted by atomic mass is 19.2. The smallest absolute Gasteiger partial charge is 0.162 e. The fourth-order valence-electron chi connectivity index (χ4n) is 6.66. The summed E-state index contributed by atoms with van der Waals surface area (Å²) in [4.78, 5) is 0. The molecule has 3 aromatic carbocycles. The Hall–Kier alpha value is -2.69. The largest absolute Gasteiger partial charge is 0.206 e. The number of hydrogen-bond donors (Lipinski definition) is 0. The quantitative estimate of drug-likeness (QED) is 0.280. The van der Waals surface area contributed by atoms with Crippen LogP contribution in [0.3, 0.4) is 0 Å². The molecule has 3 aromatic rings. The Morgan fingerprint density at radius 2 is 1.29 bits per heavy atom. The molecule has 2 aliphatic rings. The molecule has 0 unspecified atom stereocenters. The van der Waals surface area contributed by atoms with Crippen molar-refractivity contribution in [2.45, 2.75) is 77.0 Å². The van der Waals surface area contributed by atoms with Crippen LogP contribution < -0.4 is 0 Å². The second kappa shape index (κ2) is 11.6. The molecule has 0 spiro atoms. The van der Waals surface area contributed by atoms with Crippen LogP contribution in [0.2, 0.25) is 0 Å². The van der Waals surface area contributed by atoms with E-state index in [0.29, 0.717) is 17.5 Å². The zero-order chi connectivity index (χ0) is 26.8. The van der Waals surface area contributed by atoms with Gasteiger partial charge in [-0.2, -0.15) is 0 Å². The molecule has 0 atom stereocenters. The van der Waals surface area contributed by atoms with E-state index in [0.717, 1.165) is 55.6 Å². The van der Waals surface area contributed by atoms with Gasteiger partial charge in [0.05, 0.1) is 0 Å². The molecule has 38 heavy (non-hydrogen) atoms. The Morgan fingerprint density at radius 1 is 0.605 bits per heavy atom. The summed E-state index contributed by atoms with van der Waals surface area (Å²) < 4.78 is 71.6. The number of halogens is 5. The lowest BCUT2D eigenvalue weighted by Crippen LogP contribution is -2.25. The van der Waals surface area contributed by atoms with Crippen molar-refractivity contribution in [1.82, 2.24) is 0 Å². The van der Waals surface area contributed by atoms with E-state index in [-0.39, 0.29) is 29.0 Å². The third-order valence-electron chi connectivity index (χ3n) is 9.08. The van der Waals surface area contributed by atoms with E-state index in [1.807, 2.05) is 0 Å². The zero-order valence-electron chi connectivity index (χ0n) is 21.9. The highest BCUT2D eigenvalue weighted by Crippen LogP contribution is 2.44. The molecule has 5 rings (SSSR count). The Kier molecular flexibility index (Phi) is 8.20. The minimum Gasteiger partial charge on any atom is -0.206 e. The Labute approximate surface area is 222 Å². The second-order valence-corrected chi connectivity index (χ2v) is 11.5. The summed E-state index contributed by atoms with van der Waals surface area (Å²) in [7, 11) is 0. The molecule has 0 radical (unpaired) electrons. The van der Waals surface area contributed by atoms with Gasteiger partial charge in [-0.1, -0.05) is 50.1 Å². The number of aryl methyl sites for hydroxylation is 2. The van der Waals surface area contributed by atoms with E-state index < -0.39 is 29.1 Å². The van der Waals surface area contributed by atoms with Crippen LogP contribution in [0.4, 0.5) is 22.0 Å². The van der Waals surface area contributed by atoms with E-state index >= 15 is 8.78 Å². The first-order chi connectivity index (χ1) is 18.3. The lowest BCUT2D eigenvalue weighted by atomic mass is 9.68. The molecule has 2 aliphatic carbocycles. The predicted octanol–water partition coefficient (Wildman–Crippen LogP) is 9.93. The van der Waals surface area contributed by atoms with E-state index in [1.54, 1.807) is 18.2 Å². The van der Waals surface area contributed by atoms with Gasteiger partial charge in [-0.05, 0) is 115 Å². The molecule has 0 amide bonds. The van der Waals surface area contributed by atoms with E-state index in [2.05, 4.69) is 6.92 Å². The van der Waals surface area contributed by atoms with Gasteiger partial charge in [0, 0.05) is 5.56 Å². The normalized spacial score (nSPS) is 23.9. The van der Waals surface area contributed by atoms with Gasteiger partial charge in [0.2, 0.25) is 0 Å². The highest BCUT2D eigenvalue weighted by Gasteiger charge is 2.32. The summed E-state index contributed by atoms with van der Waals surface area (Å²) in [5.74, 6) is -1.73. The Balaban J connectivity index is 1.20. The van der Waals surface area contributed by atoms with Gasteiger partial charge in [0.25, 0.3) is 0 Å². The summed E-state index contributed by atoms with van der Waals surface area (Å²) in [6, 6.07) is 11.1. The van der Waals surface area contributed by atoms with Crippen molar-refractivity contribution >= 4 is 0 Å². The van der Waals surface area contributed by atoms with Gasteiger partial charge in [0.15, 0.2) is 23.3 Å². The van der Waals surface area contributed by atoms with Gasteiger partial charge >= 0.3 is 0 Å². The van der Waals surface area contributed by atoms with Crippen LogP contribution in [-0.4, -0.2) is 0 Å². The number of benzene rings is 3. The van der Waals surface area contributed by atoms with Crippen LogP contribution in [0.25, 0.3) is 11.1 Å². The first-order valence-electron chi connectivity index (χ1n) is 14.0. The van der Waals surface area contributed by atoms with Crippen molar-refractivity contribution in [2.24, 2.45) is 17.8 Å². The molecule has 0 heterocycles. The molecule has 0 nitrogen and oxygen atoms in total. The molecular weight excluding hydrogens is 491 g/mol. The first-order valence-corrected chi connectivity index (χ1v) is 14.0. The third-order valence-corrected chi connectivity index (χ3v) is 9.08. The summed E-state index contributed by atoms with van der Waals surface area (Å²) in [5, 5.41) is 0. The minimum absolute atomic E-state index is 0.0650. The van der Waals surface area contributed by atoms with E-state index in [9.17, 15) is 13.2 Å². The highest BCUT2D eigenvalue weighted by molar-refractivity contribution is 5.64. The third kappa shape index (κ3) is 5.82. The molecule has 2 saturated carbocycles. The Morgan fingerprint density at radius 3 is 1.95 bits per heavy atom. The van der Waals surface area contributed by atoms with Crippen LogP contribution in [0.15, 0.2) is 48.5 Å². The van der Waals surface area contributed by atoms with Gasteiger partial charge in [-0.3, -0.25) is 0 Å². The van der Waals surface area contributed by atoms with E-state index in [1.165, 1.54) is 43.9 Å². The molecule has 0 bridgehead atoms. The molecule has 2 fully saturated rings. The SMILES string of the molecule is CC1CCC(C2CCC(c3ccc(CCc4ccc(-c5ccc(F)c(F)c5)c(F)c4)c(F)c3F)CC2)CC1. The molecular formula is C33H35F5. The fraction of sp³-hybridized carbons (Fsp3) is 0.455. The van der Waals surface area contributed by atoms with Crippen LogP contribution >= 0.6 is 0 Å². The van der Waals surface area contributed by atoms with Gasteiger partial charge < -0.3 is 0 Å². The molecule has 202 valence electrons. The van der Waals surface area contributed by atoms with Crippen LogP contribution in [0.1, 0.15) is 80.9 Å². The summed E-state index contributed by atoms with van der Waals surface area (Å²) in [5.41, 5.74) is 1.78. The minimum atomic E-state index is -1.04. The molecule has 0 aromatic heterocycles. The zero-order valence-corrected chi connectivity index (χ0v) is 21.9. The van der Waals surface area contributed by atoms with Crippen molar-refractivity contribution in [3.63, 3.8) is 0 Å². The fourth-order valence-corrected chi connectivity index (χ4v) is 6.66. The maximum Gasteiger partial charge on any atom is 0.162 e. The van der Waals surface area contributed by atoms with Gasteiger partial charge in [0.1, 0.15) is 5.82 Å². The number of hydrogen-bond acceptors (Lipinski definition) is 0. The van der Waals surface area contributed by atoms with Crippen molar-refractivity contribution in [3.8, 4) is 11.1 Å². The van der Waals surface area contributed by atoms with Crippen LogP contribution in [0.5, 0.6) is 0 Å². The van der Waals surface area contributed by atoms with Crippen molar-refractivity contribution < 1.29 is 22.0 Å². The van der Waals surface area contributed by atoms with Crippen molar-refractivity contribution in [3.05, 3.63) is 94.3 Å². The Bertz CT molecular complexity index is 1270. The average molecular weight is 527 g/mol. The summed E-state index contributed by atoms with van der Waals surface area (Å²) >= 11 is 0. The summed E-state index contributed by atoms with van der Waals surface area (Å²) in [6.07, 6.45) is 9.84. The van der Waals surface area contributed by atoms with Crippen LogP contribution in [-0.2, 0) is 12.8 Å². The van der Waals surface area contributed by atoms with E-state index in [4.69, 9.17) is 0 Å². The molecule has 0 aliphatic heterocycles. The molecule has 5 heteroatoms. The molecule has 0 N–H and O–H groups in total. The lowest BCUT2D eigenvalue weighted by Gasteiger charge is -2.37. The van der Waals surface area contributed by atoms with Gasteiger partial charge in [-0.25, -0.2) is 22.0 Å². The first kappa shape index (κ1) is 26.9. The monoisotopic (exact) mass is 526 g/mol. The van der Waals surface area contributed by atoms with Crippen molar-refractivity contribution in [1.29, 1.82) is 0 Å².